The lowest BCUT2D eigenvalue weighted by atomic mass is 9.96. The molecule has 2 heterocycles. The molecule has 0 N–H and O–H groups in total. The predicted molar refractivity (Wildman–Crippen MR) is 106 cm³/mol. The topological polar surface area (TPSA) is 72.9 Å². The number of likely N-dealkylation sites (tertiary alicyclic amines) is 1. The Labute approximate surface area is 168 Å². The Morgan fingerprint density at radius 1 is 1.11 bits per heavy atom. The Morgan fingerprint density at radius 2 is 1.79 bits per heavy atom. The molecule has 0 aliphatic carbocycles. The fourth-order valence-corrected chi connectivity index (χ4v) is 3.88. The van der Waals surface area contributed by atoms with Gasteiger partial charge in [0, 0.05) is 18.7 Å². The van der Waals surface area contributed by atoms with Crippen molar-refractivity contribution >= 4 is 29.0 Å². The largest absolute Gasteiger partial charge is 0.497 e. The maximum Gasteiger partial charge on any atom is 0.309 e. The van der Waals surface area contributed by atoms with Gasteiger partial charge < -0.3 is 14.4 Å². The van der Waals surface area contributed by atoms with Crippen LogP contribution in [0, 0.1) is 5.92 Å². The predicted octanol–water partition coefficient (Wildman–Crippen LogP) is 3.42. The van der Waals surface area contributed by atoms with Crippen LogP contribution in [-0.2, 0) is 9.53 Å². The van der Waals surface area contributed by atoms with Crippen LogP contribution in [-0.4, -0.2) is 48.9 Å². The van der Waals surface area contributed by atoms with Gasteiger partial charge >= 0.3 is 5.97 Å². The molecule has 0 spiro atoms. The fourth-order valence-electron chi connectivity index (χ4n) is 3.19. The number of carbonyl (C=O) groups excluding carboxylic acids is 3. The molecular formula is C21H23NO5S. The van der Waals surface area contributed by atoms with E-state index in [9.17, 15) is 14.4 Å². The number of thiophene rings is 1. The second kappa shape index (κ2) is 9.01. The number of methoxy groups -OCH3 is 1. The van der Waals surface area contributed by atoms with Crippen molar-refractivity contribution in [1.29, 1.82) is 0 Å². The lowest BCUT2D eigenvalue weighted by Gasteiger charge is -2.31. The third kappa shape index (κ3) is 4.59. The number of nitrogens with zero attached hydrogens (tertiary/aromatic N) is 1. The van der Waals surface area contributed by atoms with E-state index in [1.807, 2.05) is 11.4 Å². The molecule has 6 nitrogen and oxygen atoms in total. The minimum atomic E-state index is -0.855. The first-order valence-electron chi connectivity index (χ1n) is 9.21. The van der Waals surface area contributed by atoms with Crippen LogP contribution >= 0.6 is 11.3 Å². The average molecular weight is 401 g/mol. The number of ketones is 1. The summed E-state index contributed by atoms with van der Waals surface area (Å²) in [5.74, 6) is -0.257. The summed E-state index contributed by atoms with van der Waals surface area (Å²) < 4.78 is 10.5. The van der Waals surface area contributed by atoms with E-state index in [0.717, 1.165) is 0 Å². The lowest BCUT2D eigenvalue weighted by Crippen LogP contribution is -2.41. The van der Waals surface area contributed by atoms with Crippen molar-refractivity contribution in [3.05, 3.63) is 52.2 Å². The molecule has 1 aliphatic rings. The molecule has 1 aromatic carbocycles. The van der Waals surface area contributed by atoms with Gasteiger partial charge in [0.1, 0.15) is 5.75 Å². The molecule has 1 saturated heterocycles. The van der Waals surface area contributed by atoms with E-state index in [1.165, 1.54) is 11.3 Å². The van der Waals surface area contributed by atoms with Crippen molar-refractivity contribution in [2.24, 2.45) is 5.92 Å². The minimum absolute atomic E-state index is 0.00451. The maximum absolute atomic E-state index is 12.5. The van der Waals surface area contributed by atoms with Crippen molar-refractivity contribution in [1.82, 2.24) is 4.90 Å². The first kappa shape index (κ1) is 20.1. The number of benzene rings is 1. The monoisotopic (exact) mass is 401 g/mol. The van der Waals surface area contributed by atoms with Crippen LogP contribution in [0.4, 0.5) is 0 Å². The van der Waals surface area contributed by atoms with Gasteiger partial charge in [-0.15, -0.1) is 11.3 Å². The zero-order valence-electron chi connectivity index (χ0n) is 15.9. The second-order valence-corrected chi connectivity index (χ2v) is 7.66. The summed E-state index contributed by atoms with van der Waals surface area (Å²) in [6, 6.07) is 10.4. The molecule has 3 rings (SSSR count). The lowest BCUT2D eigenvalue weighted by molar-refractivity contribution is -0.152. The van der Waals surface area contributed by atoms with Gasteiger partial charge in [0.25, 0.3) is 5.91 Å². The number of Topliss-reactive ketones (excluding diaryl/α,β-unsaturated/α-hetero) is 1. The van der Waals surface area contributed by atoms with Gasteiger partial charge in [0.05, 0.1) is 17.9 Å². The Balaban J connectivity index is 1.50. The summed E-state index contributed by atoms with van der Waals surface area (Å²) in [5, 5.41) is 1.87. The molecule has 148 valence electrons. The summed E-state index contributed by atoms with van der Waals surface area (Å²) in [7, 11) is 1.56. The molecule has 28 heavy (non-hydrogen) atoms. The fraction of sp³-hybridized carbons (Fsp3) is 0.381. The molecular weight excluding hydrogens is 378 g/mol. The number of ether oxygens (including phenoxy) is 2. The zero-order valence-corrected chi connectivity index (χ0v) is 16.7. The molecule has 2 aromatic rings. The van der Waals surface area contributed by atoms with Crippen molar-refractivity contribution in [2.75, 3.05) is 20.2 Å². The number of hydrogen-bond acceptors (Lipinski definition) is 6. The Morgan fingerprint density at radius 3 is 2.36 bits per heavy atom. The smallest absolute Gasteiger partial charge is 0.309 e. The van der Waals surface area contributed by atoms with Crippen LogP contribution in [0.1, 0.15) is 39.8 Å². The first-order valence-corrected chi connectivity index (χ1v) is 10.1. The standard InChI is InChI=1S/C21H23NO5S/c1-14(19(23)15-5-7-17(26-2)8-6-15)27-21(25)16-9-11-22(12-10-16)20(24)18-4-3-13-28-18/h3-8,13-14,16H,9-12H2,1-2H3/t14-/m1/s1. The molecule has 0 radical (unpaired) electrons. The highest BCUT2D eigenvalue weighted by molar-refractivity contribution is 7.12. The van der Waals surface area contributed by atoms with Gasteiger partial charge in [-0.3, -0.25) is 14.4 Å². The number of amides is 1. The van der Waals surface area contributed by atoms with Crippen molar-refractivity contribution in [2.45, 2.75) is 25.9 Å². The summed E-state index contributed by atoms with van der Waals surface area (Å²) in [5.41, 5.74) is 0.470. The third-order valence-electron chi connectivity index (χ3n) is 4.88. The van der Waals surface area contributed by atoms with Gasteiger partial charge in [-0.25, -0.2) is 0 Å². The zero-order chi connectivity index (χ0) is 20.1. The van der Waals surface area contributed by atoms with E-state index < -0.39 is 6.10 Å². The van der Waals surface area contributed by atoms with Gasteiger partial charge in [-0.1, -0.05) is 6.07 Å². The second-order valence-electron chi connectivity index (χ2n) is 6.72. The van der Waals surface area contributed by atoms with Crippen LogP contribution in [0.5, 0.6) is 5.75 Å². The van der Waals surface area contributed by atoms with E-state index in [1.54, 1.807) is 49.3 Å². The van der Waals surface area contributed by atoms with E-state index in [4.69, 9.17) is 9.47 Å². The van der Waals surface area contributed by atoms with Crippen molar-refractivity contribution < 1.29 is 23.9 Å². The summed E-state index contributed by atoms with van der Waals surface area (Å²) in [4.78, 5) is 39.8. The molecule has 0 bridgehead atoms. The summed E-state index contributed by atoms with van der Waals surface area (Å²) >= 11 is 1.42. The quantitative estimate of drug-likeness (QED) is 0.548. The highest BCUT2D eigenvalue weighted by Crippen LogP contribution is 2.23. The van der Waals surface area contributed by atoms with Crippen LogP contribution in [0.25, 0.3) is 0 Å². The molecule has 1 fully saturated rings. The molecule has 1 aromatic heterocycles. The van der Waals surface area contributed by atoms with Crippen LogP contribution in [0.3, 0.4) is 0 Å². The Bertz CT molecular complexity index is 823. The summed E-state index contributed by atoms with van der Waals surface area (Å²) in [6.45, 7) is 2.61. The molecule has 7 heteroatoms. The summed E-state index contributed by atoms with van der Waals surface area (Å²) in [6.07, 6.45) is 0.227. The normalized spacial score (nSPS) is 15.7. The minimum Gasteiger partial charge on any atom is -0.497 e. The maximum atomic E-state index is 12.5. The van der Waals surface area contributed by atoms with E-state index >= 15 is 0 Å². The van der Waals surface area contributed by atoms with Gasteiger partial charge in [-0.2, -0.15) is 0 Å². The highest BCUT2D eigenvalue weighted by Gasteiger charge is 2.31. The van der Waals surface area contributed by atoms with E-state index in [-0.39, 0.29) is 23.6 Å². The van der Waals surface area contributed by atoms with Gasteiger partial charge in [0.2, 0.25) is 5.78 Å². The molecule has 1 atom stereocenters. The van der Waals surface area contributed by atoms with Crippen LogP contribution in [0.2, 0.25) is 0 Å². The SMILES string of the molecule is COc1ccc(C(=O)[C@@H](C)OC(=O)C2CCN(C(=O)c3cccs3)CC2)cc1. The Kier molecular flexibility index (Phi) is 6.46. The van der Waals surface area contributed by atoms with Crippen molar-refractivity contribution in [3.8, 4) is 5.75 Å². The van der Waals surface area contributed by atoms with Crippen molar-refractivity contribution in [3.63, 3.8) is 0 Å². The number of carbonyl (C=O) groups is 3. The highest BCUT2D eigenvalue weighted by atomic mass is 32.1. The third-order valence-corrected chi connectivity index (χ3v) is 5.74. The van der Waals surface area contributed by atoms with Gasteiger partial charge in [0.15, 0.2) is 6.10 Å². The van der Waals surface area contributed by atoms with Gasteiger partial charge in [-0.05, 0) is 55.5 Å². The van der Waals surface area contributed by atoms with Crippen LogP contribution in [0.15, 0.2) is 41.8 Å². The first-order chi connectivity index (χ1) is 13.5. The van der Waals surface area contributed by atoms with Crippen LogP contribution < -0.4 is 4.74 Å². The number of esters is 1. The molecule has 0 saturated carbocycles. The Hall–Kier alpha value is -2.67. The molecule has 0 unspecified atom stereocenters. The van der Waals surface area contributed by atoms with E-state index in [2.05, 4.69) is 0 Å². The number of hydrogen-bond donors (Lipinski definition) is 0. The molecule has 1 amide bonds. The van der Waals surface area contributed by atoms with E-state index in [0.29, 0.717) is 42.1 Å². The average Bonchev–Trinajstić information content (AvgIpc) is 3.27. The number of rotatable bonds is 6. The number of piperidine rings is 1. The molecule has 1 aliphatic heterocycles.